The molecule has 0 saturated carbocycles. The second-order valence-corrected chi connectivity index (χ2v) is 6.38. The van der Waals surface area contributed by atoms with Crippen LogP contribution in [0.25, 0.3) is 0 Å². The zero-order valence-electron chi connectivity index (χ0n) is 14.3. The number of hydrogen-bond acceptors (Lipinski definition) is 4. The van der Waals surface area contributed by atoms with Gasteiger partial charge in [-0.1, -0.05) is 41.9 Å². The molecule has 25 heavy (non-hydrogen) atoms. The first-order valence-electron chi connectivity index (χ1n) is 8.06. The van der Waals surface area contributed by atoms with Gasteiger partial charge < -0.3 is 20.9 Å². The highest BCUT2D eigenvalue weighted by atomic mass is 35.5. The number of amides is 1. The maximum atomic E-state index is 12.6. The maximum absolute atomic E-state index is 12.6. The van der Waals surface area contributed by atoms with Crippen molar-refractivity contribution >= 4 is 23.2 Å². The highest BCUT2D eigenvalue weighted by Crippen LogP contribution is 2.29. The first-order valence-corrected chi connectivity index (χ1v) is 8.44. The smallest absolute Gasteiger partial charge is 0.255 e. The van der Waals surface area contributed by atoms with Crippen LogP contribution in [-0.4, -0.2) is 30.8 Å². The molecule has 134 valence electrons. The number of carbonyl (C=O) groups is 1. The molecule has 5 nitrogen and oxygen atoms in total. The summed E-state index contributed by atoms with van der Waals surface area (Å²) in [5.41, 5.74) is 7.49. The van der Waals surface area contributed by atoms with Gasteiger partial charge in [-0.3, -0.25) is 4.79 Å². The number of aliphatic hydroxyl groups is 1. The summed E-state index contributed by atoms with van der Waals surface area (Å²) in [6, 6.07) is 12.8. The summed E-state index contributed by atoms with van der Waals surface area (Å²) in [4.78, 5) is 12.6. The molecule has 0 aliphatic carbocycles. The molecule has 0 bridgehead atoms. The molecule has 6 heteroatoms. The van der Waals surface area contributed by atoms with Crippen LogP contribution in [0.5, 0.6) is 5.75 Å². The van der Waals surface area contributed by atoms with Gasteiger partial charge in [-0.25, -0.2) is 0 Å². The zero-order chi connectivity index (χ0) is 18.4. The number of anilines is 1. The van der Waals surface area contributed by atoms with E-state index in [0.29, 0.717) is 35.0 Å². The van der Waals surface area contributed by atoms with Crippen LogP contribution in [0.2, 0.25) is 5.02 Å². The lowest BCUT2D eigenvalue weighted by atomic mass is 9.93. The van der Waals surface area contributed by atoms with E-state index in [-0.39, 0.29) is 11.8 Å². The number of benzene rings is 2. The summed E-state index contributed by atoms with van der Waals surface area (Å²) in [5, 5.41) is 12.9. The first kappa shape index (κ1) is 19.1. The molecule has 0 heterocycles. The predicted octanol–water partition coefficient (Wildman–Crippen LogP) is 3.22. The normalized spacial score (nSPS) is 13.1. The van der Waals surface area contributed by atoms with Crippen molar-refractivity contribution in [2.75, 3.05) is 19.4 Å². The Balaban J connectivity index is 2.15. The van der Waals surface area contributed by atoms with E-state index in [4.69, 9.17) is 22.1 Å². The molecule has 1 amide bonds. The van der Waals surface area contributed by atoms with Crippen LogP contribution >= 0.6 is 11.6 Å². The Morgan fingerprint density at radius 2 is 2.00 bits per heavy atom. The van der Waals surface area contributed by atoms with Gasteiger partial charge in [0.2, 0.25) is 0 Å². The molecule has 0 aromatic heterocycles. The number of carbonyl (C=O) groups excluding carboxylic acids is 1. The van der Waals surface area contributed by atoms with Crippen LogP contribution < -0.4 is 15.8 Å². The minimum absolute atomic E-state index is 0.000369. The number of rotatable bonds is 7. The fourth-order valence-corrected chi connectivity index (χ4v) is 2.86. The summed E-state index contributed by atoms with van der Waals surface area (Å²) in [6.07, 6.45) is 0.0758. The van der Waals surface area contributed by atoms with Crippen LogP contribution in [0.4, 0.5) is 5.69 Å². The van der Waals surface area contributed by atoms with E-state index in [1.165, 1.54) is 19.2 Å². The lowest BCUT2D eigenvalue weighted by Gasteiger charge is -2.20. The Labute approximate surface area is 152 Å². The Morgan fingerprint density at radius 3 is 2.60 bits per heavy atom. The van der Waals surface area contributed by atoms with Crippen molar-refractivity contribution in [3.05, 3.63) is 58.6 Å². The summed E-state index contributed by atoms with van der Waals surface area (Å²) in [5.74, 6) is 0.0665. The van der Waals surface area contributed by atoms with E-state index in [2.05, 4.69) is 5.32 Å². The summed E-state index contributed by atoms with van der Waals surface area (Å²) in [6.45, 7) is 2.12. The third kappa shape index (κ3) is 5.11. The van der Waals surface area contributed by atoms with Gasteiger partial charge in [0, 0.05) is 18.5 Å². The molecule has 2 aromatic carbocycles. The molecule has 0 fully saturated rings. The Bertz CT molecular complexity index is 720. The average molecular weight is 363 g/mol. The van der Waals surface area contributed by atoms with Gasteiger partial charge in [-0.2, -0.15) is 0 Å². The Kier molecular flexibility index (Phi) is 6.67. The van der Waals surface area contributed by atoms with Crippen molar-refractivity contribution in [1.29, 1.82) is 0 Å². The molecule has 0 saturated heterocycles. The molecule has 0 radical (unpaired) electrons. The number of nitrogen functional groups attached to an aromatic ring is 1. The molecular formula is C19H23ClN2O3. The molecule has 2 rings (SSSR count). The molecule has 0 spiro atoms. The van der Waals surface area contributed by atoms with Crippen molar-refractivity contribution in [2.45, 2.75) is 25.4 Å². The number of hydrogen-bond donors (Lipinski definition) is 3. The number of methoxy groups -OCH3 is 1. The maximum Gasteiger partial charge on any atom is 0.255 e. The fourth-order valence-electron chi connectivity index (χ4n) is 2.70. The minimum atomic E-state index is -0.470. The van der Waals surface area contributed by atoms with Crippen molar-refractivity contribution in [3.63, 3.8) is 0 Å². The van der Waals surface area contributed by atoms with E-state index in [1.807, 2.05) is 30.3 Å². The number of nitrogens with one attached hydrogen (secondary N) is 1. The quantitative estimate of drug-likeness (QED) is 0.660. The third-order valence-corrected chi connectivity index (χ3v) is 4.30. The monoisotopic (exact) mass is 362 g/mol. The van der Waals surface area contributed by atoms with Crippen molar-refractivity contribution in [3.8, 4) is 5.75 Å². The number of nitrogens with two attached hydrogens (primary N) is 1. The summed E-state index contributed by atoms with van der Waals surface area (Å²) in [7, 11) is 1.47. The van der Waals surface area contributed by atoms with E-state index < -0.39 is 6.10 Å². The van der Waals surface area contributed by atoms with Gasteiger partial charge in [-0.15, -0.1) is 0 Å². The van der Waals surface area contributed by atoms with Crippen molar-refractivity contribution < 1.29 is 14.6 Å². The molecule has 2 atom stereocenters. The average Bonchev–Trinajstić information content (AvgIpc) is 2.60. The largest absolute Gasteiger partial charge is 0.496 e. The topological polar surface area (TPSA) is 84.6 Å². The van der Waals surface area contributed by atoms with Crippen molar-refractivity contribution in [2.24, 2.45) is 0 Å². The van der Waals surface area contributed by atoms with Crippen LogP contribution in [0, 0.1) is 0 Å². The van der Waals surface area contributed by atoms with Gasteiger partial charge >= 0.3 is 0 Å². The summed E-state index contributed by atoms with van der Waals surface area (Å²) >= 11 is 6.02. The van der Waals surface area contributed by atoms with Gasteiger partial charge in [0.25, 0.3) is 5.91 Å². The molecule has 4 N–H and O–H groups in total. The molecular weight excluding hydrogens is 340 g/mol. The standard InChI is InChI=1S/C19H23ClN2O3/c1-12(23)8-14(13-6-4-3-5-7-13)11-22-19(24)15-9-16(20)17(21)10-18(15)25-2/h3-7,9-10,12,14,23H,8,11,21H2,1-2H3,(H,22,24). The molecule has 2 aromatic rings. The Hall–Kier alpha value is -2.24. The van der Waals surface area contributed by atoms with Crippen molar-refractivity contribution in [1.82, 2.24) is 5.32 Å². The van der Waals surface area contributed by atoms with Crippen LogP contribution in [0.1, 0.15) is 35.2 Å². The molecule has 0 aliphatic heterocycles. The number of halogens is 1. The molecule has 2 unspecified atom stereocenters. The zero-order valence-corrected chi connectivity index (χ0v) is 15.1. The van der Waals surface area contributed by atoms with Crippen LogP contribution in [-0.2, 0) is 0 Å². The van der Waals surface area contributed by atoms with Crippen LogP contribution in [0.15, 0.2) is 42.5 Å². The first-order chi connectivity index (χ1) is 11.9. The lowest BCUT2D eigenvalue weighted by molar-refractivity contribution is 0.0942. The van der Waals surface area contributed by atoms with E-state index in [0.717, 1.165) is 5.56 Å². The van der Waals surface area contributed by atoms with E-state index >= 15 is 0 Å². The van der Waals surface area contributed by atoms with Gasteiger partial charge in [0.1, 0.15) is 5.75 Å². The highest BCUT2D eigenvalue weighted by Gasteiger charge is 2.19. The second kappa shape index (κ2) is 8.74. The van der Waals surface area contributed by atoms with Gasteiger partial charge in [0.15, 0.2) is 0 Å². The van der Waals surface area contributed by atoms with Gasteiger partial charge in [-0.05, 0) is 25.0 Å². The minimum Gasteiger partial charge on any atom is -0.496 e. The van der Waals surface area contributed by atoms with E-state index in [1.54, 1.807) is 6.92 Å². The molecule has 0 aliphatic rings. The summed E-state index contributed by atoms with van der Waals surface area (Å²) < 4.78 is 5.22. The Morgan fingerprint density at radius 1 is 1.32 bits per heavy atom. The highest BCUT2D eigenvalue weighted by molar-refractivity contribution is 6.33. The fraction of sp³-hybridized carbons (Fsp3) is 0.316. The van der Waals surface area contributed by atoms with E-state index in [9.17, 15) is 9.90 Å². The third-order valence-electron chi connectivity index (χ3n) is 3.97. The van der Waals surface area contributed by atoms with Gasteiger partial charge in [0.05, 0.1) is 29.5 Å². The van der Waals surface area contributed by atoms with Crippen LogP contribution in [0.3, 0.4) is 0 Å². The lowest BCUT2D eigenvalue weighted by Crippen LogP contribution is -2.30. The predicted molar refractivity (Wildman–Crippen MR) is 100 cm³/mol. The number of ether oxygens (including phenoxy) is 1. The second-order valence-electron chi connectivity index (χ2n) is 5.98. The SMILES string of the molecule is COc1cc(N)c(Cl)cc1C(=O)NCC(CC(C)O)c1ccccc1. The number of aliphatic hydroxyl groups excluding tert-OH is 1.